The Morgan fingerprint density at radius 1 is 1.41 bits per heavy atom. The van der Waals surface area contributed by atoms with Crippen LogP contribution in [0.4, 0.5) is 0 Å². The molecule has 1 saturated heterocycles. The second kappa shape index (κ2) is 8.19. The van der Waals surface area contributed by atoms with Gasteiger partial charge in [0.15, 0.2) is 14.6 Å². The molecule has 0 radical (unpaired) electrons. The van der Waals surface area contributed by atoms with Crippen LogP contribution in [-0.4, -0.2) is 46.0 Å². The summed E-state index contributed by atoms with van der Waals surface area (Å²) in [5.74, 6) is -0.753. The van der Waals surface area contributed by atoms with Gasteiger partial charge in [0.2, 0.25) is 0 Å². The molecule has 1 aliphatic carbocycles. The van der Waals surface area contributed by atoms with Crippen LogP contribution < -0.4 is 0 Å². The van der Waals surface area contributed by atoms with Crippen molar-refractivity contribution >= 4 is 14.3 Å². The molecule has 0 aromatic carbocycles. The lowest BCUT2D eigenvalue weighted by Crippen LogP contribution is -2.60. The van der Waals surface area contributed by atoms with Crippen molar-refractivity contribution in [3.05, 3.63) is 24.8 Å². The van der Waals surface area contributed by atoms with Crippen molar-refractivity contribution in [2.24, 2.45) is 23.2 Å². The summed E-state index contributed by atoms with van der Waals surface area (Å²) in [4.78, 5) is 12.2. The fourth-order valence-electron chi connectivity index (χ4n) is 4.05. The monoisotopic (exact) mass is 396 g/mol. The predicted molar refractivity (Wildman–Crippen MR) is 109 cm³/mol. The third-order valence-corrected chi connectivity index (χ3v) is 11.4. The minimum Gasteiger partial charge on any atom is -0.469 e. The van der Waals surface area contributed by atoms with Gasteiger partial charge >= 0.3 is 5.97 Å². The number of allylic oxidation sites excluding steroid dienone is 2. The van der Waals surface area contributed by atoms with Crippen molar-refractivity contribution in [1.29, 1.82) is 0 Å². The highest BCUT2D eigenvalue weighted by atomic mass is 28.4. The van der Waals surface area contributed by atoms with Crippen LogP contribution in [-0.2, 0) is 18.7 Å². The number of aliphatic hydroxyl groups excluding tert-OH is 1. The molecule has 0 bridgehead atoms. The van der Waals surface area contributed by atoms with Crippen molar-refractivity contribution in [3.63, 3.8) is 0 Å². The normalized spacial score (nSPS) is 33.6. The molecule has 5 atom stereocenters. The fraction of sp³-hybridized carbons (Fsp3) is 0.762. The second-order valence-corrected chi connectivity index (χ2v) is 14.1. The van der Waals surface area contributed by atoms with E-state index >= 15 is 0 Å². The lowest BCUT2D eigenvalue weighted by Gasteiger charge is -2.54. The van der Waals surface area contributed by atoms with Crippen molar-refractivity contribution in [2.75, 3.05) is 20.3 Å². The molecule has 2 rings (SSSR count). The van der Waals surface area contributed by atoms with E-state index in [1.54, 1.807) is 6.08 Å². The average molecular weight is 397 g/mol. The zero-order valence-corrected chi connectivity index (χ0v) is 18.7. The Morgan fingerprint density at radius 3 is 2.63 bits per heavy atom. The first-order valence-corrected chi connectivity index (χ1v) is 12.8. The summed E-state index contributed by atoms with van der Waals surface area (Å²) in [7, 11) is -0.302. The van der Waals surface area contributed by atoms with Crippen molar-refractivity contribution in [3.8, 4) is 0 Å². The average Bonchev–Trinajstić information content (AvgIpc) is 2.85. The number of unbranched alkanes of at least 4 members (excludes halogenated alkanes) is 1. The van der Waals surface area contributed by atoms with Gasteiger partial charge in [-0.15, -0.1) is 6.58 Å². The van der Waals surface area contributed by atoms with Crippen LogP contribution in [0.5, 0.6) is 0 Å². The van der Waals surface area contributed by atoms with Gasteiger partial charge in [0, 0.05) is 18.4 Å². The second-order valence-electron chi connectivity index (χ2n) is 9.25. The molecule has 1 heterocycles. The summed E-state index contributed by atoms with van der Waals surface area (Å²) in [5.41, 5.74) is -0.590. The molecule has 1 aliphatic heterocycles. The molecule has 0 spiro atoms. The first kappa shape index (κ1) is 22.3. The van der Waals surface area contributed by atoms with Gasteiger partial charge in [0.25, 0.3) is 0 Å². The topological polar surface area (TPSA) is 65.0 Å². The van der Waals surface area contributed by atoms with Gasteiger partial charge in [-0.25, -0.2) is 0 Å². The number of aliphatic hydroxyl groups is 1. The minimum atomic E-state index is -1.71. The lowest BCUT2D eigenvalue weighted by atomic mass is 9.47. The molecule has 0 amide bonds. The van der Waals surface area contributed by atoms with E-state index in [2.05, 4.69) is 46.5 Å². The number of hydrogen-bond donors (Lipinski definition) is 1. The SMILES string of the molecule is C=C[C@]12[C@@H](O)OC[C@H]1[C@H](C(=O)OC)[C@@H]2/C=C/CCCO[Si](C)(C)C(C)(C)C. The summed E-state index contributed by atoms with van der Waals surface area (Å²) in [6.07, 6.45) is 6.75. The van der Waals surface area contributed by atoms with E-state index < -0.39 is 20.0 Å². The molecule has 5 nitrogen and oxygen atoms in total. The first-order chi connectivity index (χ1) is 12.5. The van der Waals surface area contributed by atoms with Crippen LogP contribution in [0.3, 0.4) is 0 Å². The fourth-order valence-corrected chi connectivity index (χ4v) is 5.13. The zero-order chi connectivity index (χ0) is 20.5. The Morgan fingerprint density at radius 2 is 2.07 bits per heavy atom. The van der Waals surface area contributed by atoms with E-state index in [0.29, 0.717) is 6.61 Å². The van der Waals surface area contributed by atoms with Crippen LogP contribution in [0.15, 0.2) is 24.8 Å². The summed E-state index contributed by atoms with van der Waals surface area (Å²) < 4.78 is 16.6. The van der Waals surface area contributed by atoms with Crippen LogP contribution in [0.2, 0.25) is 18.1 Å². The van der Waals surface area contributed by atoms with Gasteiger partial charge in [0.05, 0.1) is 25.0 Å². The maximum Gasteiger partial charge on any atom is 0.309 e. The Hall–Kier alpha value is -0.953. The van der Waals surface area contributed by atoms with E-state index in [9.17, 15) is 9.90 Å². The van der Waals surface area contributed by atoms with Crippen LogP contribution in [0.25, 0.3) is 0 Å². The highest BCUT2D eigenvalue weighted by molar-refractivity contribution is 6.74. The van der Waals surface area contributed by atoms with Gasteiger partial charge in [-0.05, 0) is 31.0 Å². The molecular formula is C21H36O5Si. The smallest absolute Gasteiger partial charge is 0.309 e. The third-order valence-electron chi connectivity index (χ3n) is 6.86. The summed E-state index contributed by atoms with van der Waals surface area (Å²) in [6.45, 7) is 16.2. The largest absolute Gasteiger partial charge is 0.469 e. The molecule has 6 heteroatoms. The van der Waals surface area contributed by atoms with Gasteiger partial charge in [-0.1, -0.05) is 39.0 Å². The quantitative estimate of drug-likeness (QED) is 0.292. The minimum absolute atomic E-state index is 0.0750. The Balaban J connectivity index is 1.94. The summed E-state index contributed by atoms with van der Waals surface area (Å²) >= 11 is 0. The number of rotatable bonds is 8. The Bertz CT molecular complexity index is 580. The molecule has 27 heavy (non-hydrogen) atoms. The molecule has 0 aromatic heterocycles. The van der Waals surface area contributed by atoms with Gasteiger partial charge in [0.1, 0.15) is 0 Å². The first-order valence-electron chi connectivity index (χ1n) is 9.84. The number of carbonyl (C=O) groups excluding carboxylic acids is 1. The molecule has 0 aromatic rings. The van der Waals surface area contributed by atoms with E-state index in [-0.39, 0.29) is 28.8 Å². The van der Waals surface area contributed by atoms with Crippen LogP contribution >= 0.6 is 0 Å². The molecular weight excluding hydrogens is 360 g/mol. The van der Waals surface area contributed by atoms with Gasteiger partial charge in [-0.2, -0.15) is 0 Å². The highest BCUT2D eigenvalue weighted by Crippen LogP contribution is 2.63. The van der Waals surface area contributed by atoms with Crippen molar-refractivity contribution < 1.29 is 23.8 Å². The molecule has 2 fully saturated rings. The van der Waals surface area contributed by atoms with E-state index in [0.717, 1.165) is 19.4 Å². The summed E-state index contributed by atoms with van der Waals surface area (Å²) in [5, 5.41) is 10.5. The highest BCUT2D eigenvalue weighted by Gasteiger charge is 2.69. The van der Waals surface area contributed by atoms with Crippen molar-refractivity contribution in [1.82, 2.24) is 0 Å². The van der Waals surface area contributed by atoms with Gasteiger partial charge < -0.3 is 19.0 Å². The number of hydrogen-bond acceptors (Lipinski definition) is 5. The number of methoxy groups -OCH3 is 1. The molecule has 0 unspecified atom stereocenters. The van der Waals surface area contributed by atoms with E-state index in [1.807, 2.05) is 6.08 Å². The molecule has 154 valence electrons. The van der Waals surface area contributed by atoms with E-state index in [4.69, 9.17) is 13.9 Å². The van der Waals surface area contributed by atoms with Crippen LogP contribution in [0.1, 0.15) is 33.6 Å². The van der Waals surface area contributed by atoms with Crippen LogP contribution in [0, 0.1) is 23.2 Å². The number of fused-ring (bicyclic) bond motifs is 1. The maximum absolute atomic E-state index is 12.2. The summed E-state index contributed by atoms with van der Waals surface area (Å²) in [6, 6.07) is 0. The molecule has 1 N–H and O–H groups in total. The molecule has 1 saturated carbocycles. The standard InChI is InChI=1S/C21H36O5Si/c1-8-21-15(17(18(22)24-5)16(21)14-25-19(21)23)12-10-9-11-13-26-27(6,7)20(2,3)4/h8,10,12,15-17,19,23H,1,9,11,13-14H2,2-7H3/b12-10+/t15-,16-,17+,19-,21+/m0/s1. The van der Waals surface area contributed by atoms with Gasteiger partial charge in [-0.3, -0.25) is 4.79 Å². The van der Waals surface area contributed by atoms with E-state index in [1.165, 1.54) is 7.11 Å². The maximum atomic E-state index is 12.2. The Kier molecular flexibility index (Phi) is 6.78. The zero-order valence-electron chi connectivity index (χ0n) is 17.7. The van der Waals surface area contributed by atoms with Crippen molar-refractivity contribution in [2.45, 2.75) is 58.0 Å². The molecule has 2 aliphatic rings. The lowest BCUT2D eigenvalue weighted by molar-refractivity contribution is -0.179. The third kappa shape index (κ3) is 3.95. The number of ether oxygens (including phenoxy) is 2. The number of carbonyl (C=O) groups is 1. The predicted octanol–water partition coefficient (Wildman–Crippen LogP) is 3.90. The Labute approximate surface area is 164 Å². The number of esters is 1.